The summed E-state index contributed by atoms with van der Waals surface area (Å²) in [4.78, 5) is 11.3. The van der Waals surface area contributed by atoms with Crippen molar-refractivity contribution in [2.24, 2.45) is 5.92 Å². The molecule has 0 spiro atoms. The molecule has 2 N–H and O–H groups in total. The highest BCUT2D eigenvalue weighted by molar-refractivity contribution is 5.71. The van der Waals surface area contributed by atoms with Crippen LogP contribution in [0.15, 0.2) is 24.3 Å². The third-order valence-corrected chi connectivity index (χ3v) is 2.70. The Balaban J connectivity index is 1.64. The minimum Gasteiger partial charge on any atom is -0.482 e. The lowest BCUT2D eigenvalue weighted by atomic mass is 10.3. The molecular weight excluding hydrogens is 218 g/mol. The molecule has 17 heavy (non-hydrogen) atoms. The summed E-state index contributed by atoms with van der Waals surface area (Å²) in [6.07, 6.45) is 3.53. The lowest BCUT2D eigenvalue weighted by Crippen LogP contribution is -2.15. The number of ether oxygens (including phenoxy) is 2. The Morgan fingerprint density at radius 2 is 2.24 bits per heavy atom. The van der Waals surface area contributed by atoms with E-state index in [4.69, 9.17) is 15.2 Å². The number of carbonyl (C=O) groups excluding carboxylic acids is 1. The predicted molar refractivity (Wildman–Crippen MR) is 64.6 cm³/mol. The number of carbonyl (C=O) groups is 1. The van der Waals surface area contributed by atoms with E-state index in [9.17, 15) is 4.79 Å². The smallest absolute Gasteiger partial charge is 0.344 e. The van der Waals surface area contributed by atoms with Gasteiger partial charge in [-0.15, -0.1) is 0 Å². The van der Waals surface area contributed by atoms with Crippen molar-refractivity contribution in [1.29, 1.82) is 0 Å². The van der Waals surface area contributed by atoms with Gasteiger partial charge in [0.25, 0.3) is 0 Å². The van der Waals surface area contributed by atoms with E-state index in [1.54, 1.807) is 24.3 Å². The van der Waals surface area contributed by atoms with Gasteiger partial charge in [0.15, 0.2) is 6.61 Å². The first-order valence-corrected chi connectivity index (χ1v) is 5.88. The van der Waals surface area contributed by atoms with Gasteiger partial charge in [0, 0.05) is 11.8 Å². The normalized spacial score (nSPS) is 14.4. The predicted octanol–water partition coefficient (Wildman–Crippen LogP) is 1.99. The summed E-state index contributed by atoms with van der Waals surface area (Å²) in [6.45, 7) is 0.442. The van der Waals surface area contributed by atoms with Crippen LogP contribution in [0.25, 0.3) is 0 Å². The van der Waals surface area contributed by atoms with Gasteiger partial charge in [-0.2, -0.15) is 0 Å². The van der Waals surface area contributed by atoms with Crippen molar-refractivity contribution in [3.8, 4) is 5.75 Å². The van der Waals surface area contributed by atoms with Crippen LogP contribution >= 0.6 is 0 Å². The summed E-state index contributed by atoms with van der Waals surface area (Å²) in [7, 11) is 0. The molecule has 2 rings (SSSR count). The van der Waals surface area contributed by atoms with E-state index in [0.717, 1.165) is 12.3 Å². The maximum atomic E-state index is 11.3. The highest BCUT2D eigenvalue weighted by atomic mass is 16.6. The molecule has 0 amide bonds. The molecule has 1 aliphatic rings. The van der Waals surface area contributed by atoms with Crippen LogP contribution in [0.4, 0.5) is 5.69 Å². The fraction of sp³-hybridized carbons (Fsp3) is 0.462. The monoisotopic (exact) mass is 235 g/mol. The topological polar surface area (TPSA) is 61.5 Å². The van der Waals surface area contributed by atoms with Crippen LogP contribution in [0.5, 0.6) is 5.75 Å². The summed E-state index contributed by atoms with van der Waals surface area (Å²) in [5.41, 5.74) is 6.20. The molecule has 1 aromatic carbocycles. The molecule has 0 aromatic heterocycles. The van der Waals surface area contributed by atoms with Crippen LogP contribution in [-0.4, -0.2) is 19.2 Å². The average Bonchev–Trinajstić information content (AvgIpc) is 3.11. The van der Waals surface area contributed by atoms with E-state index in [0.29, 0.717) is 18.0 Å². The summed E-state index contributed by atoms with van der Waals surface area (Å²) in [5, 5.41) is 0. The minimum absolute atomic E-state index is 0.0614. The Bertz CT molecular complexity index is 388. The van der Waals surface area contributed by atoms with Crippen molar-refractivity contribution >= 4 is 11.7 Å². The zero-order valence-electron chi connectivity index (χ0n) is 9.72. The lowest BCUT2D eigenvalue weighted by Gasteiger charge is -2.07. The lowest BCUT2D eigenvalue weighted by molar-refractivity contribution is -0.146. The van der Waals surface area contributed by atoms with Crippen molar-refractivity contribution in [1.82, 2.24) is 0 Å². The van der Waals surface area contributed by atoms with E-state index in [2.05, 4.69) is 0 Å². The molecular formula is C13H17NO3. The molecule has 0 unspecified atom stereocenters. The van der Waals surface area contributed by atoms with E-state index in [-0.39, 0.29) is 12.6 Å². The highest BCUT2D eigenvalue weighted by Gasteiger charge is 2.21. The van der Waals surface area contributed by atoms with Crippen molar-refractivity contribution in [3.05, 3.63) is 24.3 Å². The summed E-state index contributed by atoms with van der Waals surface area (Å²) in [5.74, 6) is 1.04. The van der Waals surface area contributed by atoms with Crippen molar-refractivity contribution in [3.63, 3.8) is 0 Å². The Kier molecular flexibility index (Phi) is 3.85. The average molecular weight is 235 g/mol. The third-order valence-electron chi connectivity index (χ3n) is 2.70. The van der Waals surface area contributed by atoms with E-state index >= 15 is 0 Å². The van der Waals surface area contributed by atoms with Gasteiger partial charge in [0.1, 0.15) is 5.75 Å². The highest BCUT2D eigenvalue weighted by Crippen LogP contribution is 2.32. The molecule has 0 atom stereocenters. The van der Waals surface area contributed by atoms with Gasteiger partial charge in [-0.25, -0.2) is 4.79 Å². The summed E-state index contributed by atoms with van der Waals surface area (Å²) in [6, 6.07) is 6.98. The molecule has 0 saturated heterocycles. The standard InChI is InChI=1S/C13H17NO3/c14-11-2-1-3-12(8-11)17-9-13(15)16-7-6-10-4-5-10/h1-3,8,10H,4-7,9,14H2. The van der Waals surface area contributed by atoms with Crippen molar-refractivity contribution in [2.75, 3.05) is 18.9 Å². The first-order chi connectivity index (χ1) is 8.24. The molecule has 0 bridgehead atoms. The second kappa shape index (κ2) is 5.57. The molecule has 4 heteroatoms. The van der Waals surface area contributed by atoms with Crippen LogP contribution in [0, 0.1) is 5.92 Å². The minimum atomic E-state index is -0.326. The number of esters is 1. The maximum absolute atomic E-state index is 11.3. The Morgan fingerprint density at radius 3 is 2.94 bits per heavy atom. The van der Waals surface area contributed by atoms with Crippen LogP contribution < -0.4 is 10.5 Å². The molecule has 1 aliphatic carbocycles. The number of benzene rings is 1. The molecule has 0 radical (unpaired) electrons. The Labute approximate surface area is 101 Å². The summed E-state index contributed by atoms with van der Waals surface area (Å²) >= 11 is 0. The quantitative estimate of drug-likeness (QED) is 0.605. The molecule has 1 aromatic rings. The molecule has 1 fully saturated rings. The van der Waals surface area contributed by atoms with Crippen LogP contribution in [0.1, 0.15) is 19.3 Å². The van der Waals surface area contributed by atoms with Gasteiger partial charge in [-0.05, 0) is 24.5 Å². The first-order valence-electron chi connectivity index (χ1n) is 5.88. The molecule has 4 nitrogen and oxygen atoms in total. The first kappa shape index (κ1) is 11.8. The number of hydrogen-bond acceptors (Lipinski definition) is 4. The van der Waals surface area contributed by atoms with Gasteiger partial charge in [-0.1, -0.05) is 18.9 Å². The van der Waals surface area contributed by atoms with Gasteiger partial charge in [-0.3, -0.25) is 0 Å². The van der Waals surface area contributed by atoms with Gasteiger partial charge < -0.3 is 15.2 Å². The number of nitrogen functional groups attached to an aromatic ring is 1. The van der Waals surface area contributed by atoms with E-state index in [1.807, 2.05) is 0 Å². The molecule has 92 valence electrons. The number of nitrogens with two attached hydrogens (primary N) is 1. The van der Waals surface area contributed by atoms with Gasteiger partial charge in [0.05, 0.1) is 6.61 Å². The SMILES string of the molecule is Nc1cccc(OCC(=O)OCCC2CC2)c1. The van der Waals surface area contributed by atoms with Crippen LogP contribution in [0.3, 0.4) is 0 Å². The number of anilines is 1. The van der Waals surface area contributed by atoms with Crippen molar-refractivity contribution in [2.45, 2.75) is 19.3 Å². The largest absolute Gasteiger partial charge is 0.482 e. The molecule has 1 saturated carbocycles. The fourth-order valence-electron chi connectivity index (χ4n) is 1.53. The summed E-state index contributed by atoms with van der Waals surface area (Å²) < 4.78 is 10.3. The zero-order valence-corrected chi connectivity index (χ0v) is 9.72. The van der Waals surface area contributed by atoms with Gasteiger partial charge >= 0.3 is 5.97 Å². The third kappa shape index (κ3) is 4.34. The van der Waals surface area contributed by atoms with E-state index in [1.165, 1.54) is 12.8 Å². The maximum Gasteiger partial charge on any atom is 0.344 e. The van der Waals surface area contributed by atoms with E-state index < -0.39 is 0 Å². The Hall–Kier alpha value is -1.71. The van der Waals surface area contributed by atoms with Crippen LogP contribution in [-0.2, 0) is 9.53 Å². The fourth-order valence-corrected chi connectivity index (χ4v) is 1.53. The molecule has 0 aliphatic heterocycles. The number of rotatable bonds is 6. The second-order valence-electron chi connectivity index (χ2n) is 4.31. The van der Waals surface area contributed by atoms with Crippen molar-refractivity contribution < 1.29 is 14.3 Å². The number of hydrogen-bond donors (Lipinski definition) is 1. The van der Waals surface area contributed by atoms with Gasteiger partial charge in [0.2, 0.25) is 0 Å². The molecule has 0 heterocycles. The Morgan fingerprint density at radius 1 is 1.41 bits per heavy atom. The second-order valence-corrected chi connectivity index (χ2v) is 4.31. The van der Waals surface area contributed by atoms with Crippen LogP contribution in [0.2, 0.25) is 0 Å². The zero-order chi connectivity index (χ0) is 12.1.